The number of anilines is 2. The van der Waals surface area contributed by atoms with E-state index in [9.17, 15) is 19.1 Å². The summed E-state index contributed by atoms with van der Waals surface area (Å²) in [6, 6.07) is 11.6. The van der Waals surface area contributed by atoms with E-state index in [2.05, 4.69) is 15.1 Å². The number of halogens is 1. The molecule has 160 valence electrons. The minimum Gasteiger partial charge on any atom is -0.478 e. The molecule has 0 aliphatic carbocycles. The summed E-state index contributed by atoms with van der Waals surface area (Å²) in [5, 5.41) is 12.2. The molecule has 30 heavy (non-hydrogen) atoms. The van der Waals surface area contributed by atoms with Crippen molar-refractivity contribution >= 4 is 23.3 Å². The van der Waals surface area contributed by atoms with Crippen LogP contribution in [0.3, 0.4) is 0 Å². The molecule has 0 bridgehead atoms. The van der Waals surface area contributed by atoms with Gasteiger partial charge in [-0.3, -0.25) is 9.69 Å². The first kappa shape index (κ1) is 21.8. The summed E-state index contributed by atoms with van der Waals surface area (Å²) in [6.07, 6.45) is 2.11. The minimum atomic E-state index is -1.03. The number of aromatic carboxylic acids is 1. The van der Waals surface area contributed by atoms with E-state index in [4.69, 9.17) is 0 Å². The molecular formula is C23H28FN3O3. The first-order valence-corrected chi connectivity index (χ1v) is 10.4. The molecule has 1 saturated heterocycles. The molecule has 3 rings (SSSR count). The highest BCUT2D eigenvalue weighted by molar-refractivity contribution is 5.97. The molecule has 0 atom stereocenters. The lowest BCUT2D eigenvalue weighted by atomic mass is 10.1. The molecule has 0 radical (unpaired) electrons. The van der Waals surface area contributed by atoms with Gasteiger partial charge in [0.15, 0.2) is 0 Å². The van der Waals surface area contributed by atoms with Gasteiger partial charge in [0, 0.05) is 44.7 Å². The number of carbonyl (C=O) groups is 2. The normalized spacial score (nSPS) is 14.5. The van der Waals surface area contributed by atoms with E-state index in [1.54, 1.807) is 24.3 Å². The Morgan fingerprint density at radius 3 is 2.50 bits per heavy atom. The number of carbonyl (C=O) groups excluding carboxylic acids is 1. The maximum Gasteiger partial charge on any atom is 0.335 e. The third kappa shape index (κ3) is 5.57. The predicted octanol–water partition coefficient (Wildman–Crippen LogP) is 3.97. The largest absolute Gasteiger partial charge is 0.478 e. The Morgan fingerprint density at radius 2 is 1.83 bits per heavy atom. The zero-order chi connectivity index (χ0) is 21.5. The number of nitrogens with zero attached hydrogens (tertiary/aromatic N) is 2. The number of carboxylic acids is 1. The number of unbranched alkanes of at least 4 members (excludes halogenated alkanes) is 1. The first-order valence-electron chi connectivity index (χ1n) is 10.4. The van der Waals surface area contributed by atoms with Gasteiger partial charge in [-0.05, 0) is 30.7 Å². The molecule has 2 N–H and O–H groups in total. The topological polar surface area (TPSA) is 72.9 Å². The molecule has 1 aliphatic rings. The van der Waals surface area contributed by atoms with Crippen molar-refractivity contribution in [3.05, 3.63) is 59.4 Å². The molecule has 0 unspecified atom stereocenters. The van der Waals surface area contributed by atoms with Crippen LogP contribution in [-0.2, 0) is 11.3 Å². The number of amides is 1. The van der Waals surface area contributed by atoms with Gasteiger partial charge >= 0.3 is 5.97 Å². The van der Waals surface area contributed by atoms with E-state index in [1.165, 1.54) is 12.1 Å². The molecule has 1 amide bonds. The third-order valence-electron chi connectivity index (χ3n) is 5.34. The molecule has 0 aromatic heterocycles. The fraction of sp³-hybridized carbons (Fsp3) is 0.391. The molecule has 0 saturated carbocycles. The first-order chi connectivity index (χ1) is 14.5. The zero-order valence-electron chi connectivity index (χ0n) is 17.2. The summed E-state index contributed by atoms with van der Waals surface area (Å²) >= 11 is 0. The van der Waals surface area contributed by atoms with Gasteiger partial charge < -0.3 is 15.3 Å². The van der Waals surface area contributed by atoms with Gasteiger partial charge in [0.05, 0.1) is 16.9 Å². The third-order valence-corrected chi connectivity index (χ3v) is 5.34. The summed E-state index contributed by atoms with van der Waals surface area (Å²) < 4.78 is 13.9. The second-order valence-electron chi connectivity index (χ2n) is 7.54. The van der Waals surface area contributed by atoms with Crippen molar-refractivity contribution in [3.63, 3.8) is 0 Å². The molecule has 6 nitrogen and oxygen atoms in total. The maximum atomic E-state index is 13.9. The Morgan fingerprint density at radius 1 is 1.10 bits per heavy atom. The fourth-order valence-corrected chi connectivity index (χ4v) is 3.61. The van der Waals surface area contributed by atoms with Gasteiger partial charge in [0.2, 0.25) is 5.91 Å². The van der Waals surface area contributed by atoms with Gasteiger partial charge in [0.25, 0.3) is 0 Å². The summed E-state index contributed by atoms with van der Waals surface area (Å²) in [4.78, 5) is 28.0. The SMILES string of the molecule is CCCCC(=O)Nc1cc(C(=O)O)ccc1N1CCN(Cc2ccccc2F)CC1. The zero-order valence-corrected chi connectivity index (χ0v) is 17.2. The van der Waals surface area contributed by atoms with Crippen LogP contribution in [0.5, 0.6) is 0 Å². The van der Waals surface area contributed by atoms with Crippen LogP contribution >= 0.6 is 0 Å². The van der Waals surface area contributed by atoms with E-state index >= 15 is 0 Å². The Balaban J connectivity index is 1.70. The van der Waals surface area contributed by atoms with Gasteiger partial charge in [-0.15, -0.1) is 0 Å². The van der Waals surface area contributed by atoms with Gasteiger partial charge in [-0.25, -0.2) is 9.18 Å². The summed E-state index contributed by atoms with van der Waals surface area (Å²) in [6.45, 7) is 5.48. The van der Waals surface area contributed by atoms with E-state index < -0.39 is 5.97 Å². The summed E-state index contributed by atoms with van der Waals surface area (Å²) in [7, 11) is 0. The number of carboxylic acid groups (broad SMARTS) is 1. The average Bonchev–Trinajstić information content (AvgIpc) is 2.74. The van der Waals surface area contributed by atoms with Crippen molar-refractivity contribution in [2.24, 2.45) is 0 Å². The molecule has 2 aromatic carbocycles. The van der Waals surface area contributed by atoms with Crippen LogP contribution in [0, 0.1) is 5.82 Å². The van der Waals surface area contributed by atoms with Gasteiger partial charge in [-0.2, -0.15) is 0 Å². The lowest BCUT2D eigenvalue weighted by Crippen LogP contribution is -2.46. The van der Waals surface area contributed by atoms with Gasteiger partial charge in [0.1, 0.15) is 5.82 Å². The number of hydrogen-bond donors (Lipinski definition) is 2. The van der Waals surface area contributed by atoms with Crippen molar-refractivity contribution in [2.45, 2.75) is 32.7 Å². The number of rotatable bonds is 8. The minimum absolute atomic E-state index is 0.112. The molecular weight excluding hydrogens is 385 g/mol. The monoisotopic (exact) mass is 413 g/mol. The van der Waals surface area contributed by atoms with Crippen LogP contribution in [0.25, 0.3) is 0 Å². The van der Waals surface area contributed by atoms with Crippen molar-refractivity contribution in [3.8, 4) is 0 Å². The highest BCUT2D eigenvalue weighted by Crippen LogP contribution is 2.29. The van der Waals surface area contributed by atoms with Crippen LogP contribution in [-0.4, -0.2) is 48.1 Å². The Kier molecular flexibility index (Phi) is 7.41. The van der Waals surface area contributed by atoms with Crippen molar-refractivity contribution < 1.29 is 19.1 Å². The molecule has 1 aliphatic heterocycles. The number of piperazine rings is 1. The van der Waals surface area contributed by atoms with Crippen LogP contribution in [0.15, 0.2) is 42.5 Å². The molecule has 1 fully saturated rings. The van der Waals surface area contributed by atoms with E-state index in [1.807, 2.05) is 13.0 Å². The fourth-order valence-electron chi connectivity index (χ4n) is 3.61. The van der Waals surface area contributed by atoms with Crippen molar-refractivity contribution in [1.82, 2.24) is 4.90 Å². The van der Waals surface area contributed by atoms with Crippen molar-refractivity contribution in [1.29, 1.82) is 0 Å². The molecule has 0 spiro atoms. The maximum absolute atomic E-state index is 13.9. The van der Waals surface area contributed by atoms with E-state index in [-0.39, 0.29) is 17.3 Å². The number of hydrogen-bond acceptors (Lipinski definition) is 4. The number of benzene rings is 2. The second kappa shape index (κ2) is 10.2. The van der Waals surface area contributed by atoms with Crippen LogP contribution in [0.1, 0.15) is 42.1 Å². The van der Waals surface area contributed by atoms with E-state index in [0.717, 1.165) is 31.6 Å². The Labute approximate surface area is 176 Å². The standard InChI is InChI=1S/C23H28FN3O3/c1-2-3-8-22(28)25-20-15-17(23(29)30)9-10-21(20)27-13-11-26(12-14-27)16-18-6-4-5-7-19(18)24/h4-7,9-10,15H,2-3,8,11-14,16H2,1H3,(H,25,28)(H,29,30). The lowest BCUT2D eigenvalue weighted by molar-refractivity contribution is -0.116. The van der Waals surface area contributed by atoms with Crippen LogP contribution < -0.4 is 10.2 Å². The smallest absolute Gasteiger partial charge is 0.335 e. The average molecular weight is 413 g/mol. The van der Waals surface area contributed by atoms with Crippen LogP contribution in [0.4, 0.5) is 15.8 Å². The predicted molar refractivity (Wildman–Crippen MR) is 115 cm³/mol. The summed E-state index contributed by atoms with van der Waals surface area (Å²) in [5.74, 6) is -1.33. The molecule has 7 heteroatoms. The second-order valence-corrected chi connectivity index (χ2v) is 7.54. The highest BCUT2D eigenvalue weighted by atomic mass is 19.1. The van der Waals surface area contributed by atoms with Crippen LogP contribution in [0.2, 0.25) is 0 Å². The highest BCUT2D eigenvalue weighted by Gasteiger charge is 2.21. The summed E-state index contributed by atoms with van der Waals surface area (Å²) in [5.41, 5.74) is 2.16. The Bertz CT molecular complexity index is 895. The van der Waals surface area contributed by atoms with E-state index in [0.29, 0.717) is 37.3 Å². The molecule has 1 heterocycles. The molecule has 2 aromatic rings. The number of nitrogens with one attached hydrogen (secondary N) is 1. The lowest BCUT2D eigenvalue weighted by Gasteiger charge is -2.37. The Hall–Kier alpha value is -2.93. The van der Waals surface area contributed by atoms with Crippen molar-refractivity contribution in [2.75, 3.05) is 36.4 Å². The van der Waals surface area contributed by atoms with Gasteiger partial charge in [-0.1, -0.05) is 31.5 Å². The quantitative estimate of drug-likeness (QED) is 0.685.